The Kier molecular flexibility index (Phi) is 4.80. The van der Waals surface area contributed by atoms with Gasteiger partial charge in [-0.25, -0.2) is 0 Å². The van der Waals surface area contributed by atoms with Crippen LogP contribution in [0.1, 0.15) is 39.5 Å². The van der Waals surface area contributed by atoms with Gasteiger partial charge in [0.25, 0.3) is 0 Å². The van der Waals surface area contributed by atoms with E-state index in [2.05, 4.69) is 5.32 Å². The number of rotatable bonds is 5. The van der Waals surface area contributed by atoms with Crippen molar-refractivity contribution in [1.29, 1.82) is 0 Å². The standard InChI is InChI=1S/C11H19F3N2O/c1-3-5-9-10(17)16(8(2)15-9)7-4-6-11(12,13)14/h8-9,15H,3-7H2,1-2H3. The number of alkyl halides is 3. The zero-order valence-electron chi connectivity index (χ0n) is 10.2. The molecule has 1 heterocycles. The van der Waals surface area contributed by atoms with Crippen LogP contribution in [-0.2, 0) is 4.79 Å². The van der Waals surface area contributed by atoms with Crippen molar-refractivity contribution in [2.45, 2.75) is 57.9 Å². The number of hydrogen-bond acceptors (Lipinski definition) is 2. The molecule has 0 bridgehead atoms. The Hall–Kier alpha value is -0.780. The van der Waals surface area contributed by atoms with E-state index in [0.717, 1.165) is 12.8 Å². The van der Waals surface area contributed by atoms with Crippen molar-refractivity contribution in [2.24, 2.45) is 0 Å². The summed E-state index contributed by atoms with van der Waals surface area (Å²) in [7, 11) is 0. The third-order valence-corrected chi connectivity index (χ3v) is 2.93. The Morgan fingerprint density at radius 3 is 2.59 bits per heavy atom. The van der Waals surface area contributed by atoms with Crippen molar-refractivity contribution in [3.05, 3.63) is 0 Å². The van der Waals surface area contributed by atoms with Gasteiger partial charge in [0.05, 0.1) is 12.2 Å². The summed E-state index contributed by atoms with van der Waals surface area (Å²) in [5.41, 5.74) is 0. The van der Waals surface area contributed by atoms with E-state index in [1.54, 1.807) is 6.92 Å². The molecule has 1 N–H and O–H groups in total. The average Bonchev–Trinajstić information content (AvgIpc) is 2.44. The van der Waals surface area contributed by atoms with Crippen LogP contribution >= 0.6 is 0 Å². The molecule has 0 aromatic carbocycles. The van der Waals surface area contributed by atoms with Crippen LogP contribution in [0.2, 0.25) is 0 Å². The summed E-state index contributed by atoms with van der Waals surface area (Å²) in [6, 6.07) is -0.221. The fraction of sp³-hybridized carbons (Fsp3) is 0.909. The number of hydrogen-bond donors (Lipinski definition) is 1. The first-order valence-electron chi connectivity index (χ1n) is 5.98. The Labute approximate surface area is 99.4 Å². The van der Waals surface area contributed by atoms with Crippen LogP contribution in [0, 0.1) is 0 Å². The number of nitrogens with zero attached hydrogens (tertiary/aromatic N) is 1. The van der Waals surface area contributed by atoms with Gasteiger partial charge < -0.3 is 4.90 Å². The fourth-order valence-electron chi connectivity index (χ4n) is 2.09. The van der Waals surface area contributed by atoms with Gasteiger partial charge in [0.2, 0.25) is 5.91 Å². The van der Waals surface area contributed by atoms with Crippen LogP contribution in [0.3, 0.4) is 0 Å². The number of carbonyl (C=O) groups is 1. The van der Waals surface area contributed by atoms with Gasteiger partial charge in [-0.1, -0.05) is 13.3 Å². The van der Waals surface area contributed by atoms with E-state index in [9.17, 15) is 18.0 Å². The molecule has 2 atom stereocenters. The predicted octanol–water partition coefficient (Wildman–Crippen LogP) is 2.28. The minimum atomic E-state index is -4.14. The monoisotopic (exact) mass is 252 g/mol. The smallest absolute Gasteiger partial charge is 0.326 e. The van der Waals surface area contributed by atoms with E-state index in [-0.39, 0.29) is 31.1 Å². The number of halogens is 3. The summed E-state index contributed by atoms with van der Waals surface area (Å²) in [6.07, 6.45) is -3.54. The van der Waals surface area contributed by atoms with Crippen LogP contribution in [-0.4, -0.2) is 35.7 Å². The normalized spacial score (nSPS) is 25.7. The van der Waals surface area contributed by atoms with Crippen LogP contribution in [0.25, 0.3) is 0 Å². The lowest BCUT2D eigenvalue weighted by Gasteiger charge is -2.21. The van der Waals surface area contributed by atoms with Gasteiger partial charge in [-0.2, -0.15) is 13.2 Å². The van der Waals surface area contributed by atoms with E-state index in [1.807, 2.05) is 6.92 Å². The Bertz CT molecular complexity index is 268. The lowest BCUT2D eigenvalue weighted by atomic mass is 10.1. The highest BCUT2D eigenvalue weighted by Gasteiger charge is 2.36. The van der Waals surface area contributed by atoms with Crippen molar-refractivity contribution in [3.63, 3.8) is 0 Å². The van der Waals surface area contributed by atoms with E-state index < -0.39 is 12.6 Å². The Balaban J connectivity index is 2.41. The van der Waals surface area contributed by atoms with Crippen molar-refractivity contribution < 1.29 is 18.0 Å². The molecule has 1 amide bonds. The largest absolute Gasteiger partial charge is 0.389 e. The van der Waals surface area contributed by atoms with Crippen LogP contribution in [0.15, 0.2) is 0 Å². The van der Waals surface area contributed by atoms with Crippen molar-refractivity contribution in [2.75, 3.05) is 6.54 Å². The predicted molar refractivity (Wildman–Crippen MR) is 58.3 cm³/mol. The second kappa shape index (κ2) is 5.71. The molecule has 1 aliphatic heterocycles. The molecule has 0 aromatic rings. The highest BCUT2D eigenvalue weighted by atomic mass is 19.4. The molecule has 6 heteroatoms. The minimum absolute atomic E-state index is 0.0277. The summed E-state index contributed by atoms with van der Waals surface area (Å²) < 4.78 is 36.0. The van der Waals surface area contributed by atoms with E-state index in [1.165, 1.54) is 4.90 Å². The topological polar surface area (TPSA) is 32.3 Å². The first-order valence-corrected chi connectivity index (χ1v) is 5.98. The van der Waals surface area contributed by atoms with Crippen molar-refractivity contribution in [1.82, 2.24) is 10.2 Å². The van der Waals surface area contributed by atoms with Gasteiger partial charge in [0.15, 0.2) is 0 Å². The lowest BCUT2D eigenvalue weighted by molar-refractivity contribution is -0.140. The first-order chi connectivity index (χ1) is 7.85. The maximum absolute atomic E-state index is 12.0. The van der Waals surface area contributed by atoms with Crippen molar-refractivity contribution in [3.8, 4) is 0 Å². The molecule has 1 aliphatic rings. The quantitative estimate of drug-likeness (QED) is 0.814. The molecule has 2 unspecified atom stereocenters. The van der Waals surface area contributed by atoms with E-state index in [0.29, 0.717) is 0 Å². The number of amides is 1. The molecule has 17 heavy (non-hydrogen) atoms. The molecule has 1 rings (SSSR count). The molecule has 1 fully saturated rings. The SMILES string of the molecule is CCCC1NC(C)N(CCCC(F)(F)F)C1=O. The van der Waals surface area contributed by atoms with Crippen LogP contribution in [0.5, 0.6) is 0 Å². The fourth-order valence-corrected chi connectivity index (χ4v) is 2.09. The van der Waals surface area contributed by atoms with Gasteiger partial charge in [-0.05, 0) is 19.8 Å². The third-order valence-electron chi connectivity index (χ3n) is 2.93. The number of carbonyl (C=O) groups excluding carboxylic acids is 1. The van der Waals surface area contributed by atoms with E-state index in [4.69, 9.17) is 0 Å². The second-order valence-electron chi connectivity index (χ2n) is 4.43. The Morgan fingerprint density at radius 1 is 1.41 bits per heavy atom. The third kappa shape index (κ3) is 4.18. The van der Waals surface area contributed by atoms with Gasteiger partial charge in [-0.3, -0.25) is 10.1 Å². The summed E-state index contributed by atoms with van der Waals surface area (Å²) in [4.78, 5) is 13.3. The molecule has 0 aromatic heterocycles. The van der Waals surface area contributed by atoms with Gasteiger partial charge >= 0.3 is 6.18 Å². The maximum Gasteiger partial charge on any atom is 0.389 e. The zero-order chi connectivity index (χ0) is 13.1. The lowest BCUT2D eigenvalue weighted by Crippen LogP contribution is -2.35. The van der Waals surface area contributed by atoms with Gasteiger partial charge in [0.1, 0.15) is 0 Å². The summed E-state index contributed by atoms with van der Waals surface area (Å²) in [6.45, 7) is 3.96. The minimum Gasteiger partial charge on any atom is -0.326 e. The summed E-state index contributed by atoms with van der Waals surface area (Å²) in [5, 5.41) is 3.10. The summed E-state index contributed by atoms with van der Waals surface area (Å²) >= 11 is 0. The summed E-state index contributed by atoms with van der Waals surface area (Å²) in [5.74, 6) is -0.0680. The average molecular weight is 252 g/mol. The zero-order valence-corrected chi connectivity index (χ0v) is 10.2. The molecular formula is C11H19F3N2O. The highest BCUT2D eigenvalue weighted by molar-refractivity contribution is 5.84. The molecule has 0 radical (unpaired) electrons. The maximum atomic E-state index is 12.0. The van der Waals surface area contributed by atoms with Gasteiger partial charge in [-0.15, -0.1) is 0 Å². The molecule has 0 aliphatic carbocycles. The molecule has 1 saturated heterocycles. The molecule has 0 spiro atoms. The molecular weight excluding hydrogens is 233 g/mol. The molecule has 100 valence electrons. The highest BCUT2D eigenvalue weighted by Crippen LogP contribution is 2.22. The van der Waals surface area contributed by atoms with Gasteiger partial charge in [0, 0.05) is 13.0 Å². The van der Waals surface area contributed by atoms with E-state index >= 15 is 0 Å². The molecule has 0 saturated carbocycles. The molecule has 3 nitrogen and oxygen atoms in total. The van der Waals surface area contributed by atoms with Crippen LogP contribution in [0.4, 0.5) is 13.2 Å². The second-order valence-corrected chi connectivity index (χ2v) is 4.43. The first kappa shape index (κ1) is 14.3. The Morgan fingerprint density at radius 2 is 2.06 bits per heavy atom. The van der Waals surface area contributed by atoms with Crippen molar-refractivity contribution >= 4 is 5.91 Å². The van der Waals surface area contributed by atoms with Crippen LogP contribution < -0.4 is 5.32 Å². The number of nitrogens with one attached hydrogen (secondary N) is 1.